The monoisotopic (exact) mass is 378 g/mol. The van der Waals surface area contributed by atoms with Crippen LogP contribution in [0.1, 0.15) is 18.0 Å². The van der Waals surface area contributed by atoms with Crippen molar-refractivity contribution in [1.82, 2.24) is 15.2 Å². The molecule has 118 valence electrons. The molecule has 1 aliphatic rings. The van der Waals surface area contributed by atoms with Crippen LogP contribution in [0.5, 0.6) is 0 Å². The highest BCUT2D eigenvalue weighted by atomic mass is 79.9. The van der Waals surface area contributed by atoms with Crippen molar-refractivity contribution in [3.05, 3.63) is 33.0 Å². The molecule has 7 heteroatoms. The molecule has 2 rings (SSSR count). The van der Waals surface area contributed by atoms with Crippen LogP contribution in [0.4, 0.5) is 4.39 Å². The molecule has 0 aromatic heterocycles. The number of rotatable bonds is 4. The van der Waals surface area contributed by atoms with Crippen LogP contribution in [0, 0.1) is 5.82 Å². The zero-order chi connectivity index (χ0) is 15.6. The largest absolute Gasteiger partial charge is 0.304 e. The van der Waals surface area contributed by atoms with Gasteiger partial charge in [-0.05, 0) is 42.5 Å². The predicted octanol–water partition coefficient (Wildman–Crippen LogP) is 2.38. The molecule has 1 aromatic carbocycles. The summed E-state index contributed by atoms with van der Waals surface area (Å²) < 4.78 is 14.9. The van der Waals surface area contributed by atoms with E-state index in [1.54, 1.807) is 12.1 Å². The number of nitrogens with two attached hydrogens (primary N) is 1. The molecule has 1 saturated heterocycles. The van der Waals surface area contributed by atoms with Crippen LogP contribution in [0.3, 0.4) is 0 Å². The van der Waals surface area contributed by atoms with Gasteiger partial charge in [0.25, 0.3) is 0 Å². The lowest BCUT2D eigenvalue weighted by Crippen LogP contribution is -2.51. The van der Waals surface area contributed by atoms with Gasteiger partial charge in [0.05, 0.1) is 11.1 Å². The maximum absolute atomic E-state index is 14.3. The van der Waals surface area contributed by atoms with Crippen molar-refractivity contribution in [2.45, 2.75) is 18.5 Å². The number of hydrazine groups is 1. The van der Waals surface area contributed by atoms with Crippen LogP contribution in [0.25, 0.3) is 0 Å². The molecular weight excluding hydrogens is 359 g/mol. The van der Waals surface area contributed by atoms with Gasteiger partial charge in [-0.2, -0.15) is 0 Å². The van der Waals surface area contributed by atoms with E-state index in [-0.39, 0.29) is 11.1 Å². The minimum Gasteiger partial charge on any atom is -0.304 e. The van der Waals surface area contributed by atoms with Crippen molar-refractivity contribution in [3.8, 4) is 0 Å². The number of nitrogens with one attached hydrogen (secondary N) is 1. The first kappa shape index (κ1) is 17.1. The third-order valence-electron chi connectivity index (χ3n) is 4.13. The Morgan fingerprint density at radius 1 is 1.48 bits per heavy atom. The first-order valence-electron chi connectivity index (χ1n) is 6.92. The quantitative estimate of drug-likeness (QED) is 0.479. The Hall–Kier alpha value is -0.240. The van der Waals surface area contributed by atoms with E-state index in [0.29, 0.717) is 16.1 Å². The zero-order valence-corrected chi connectivity index (χ0v) is 14.6. The molecule has 0 saturated carbocycles. The number of hydrogen-bond donors (Lipinski definition) is 2. The summed E-state index contributed by atoms with van der Waals surface area (Å²) >= 11 is 9.20. The van der Waals surface area contributed by atoms with Crippen molar-refractivity contribution in [2.75, 3.05) is 33.7 Å². The summed E-state index contributed by atoms with van der Waals surface area (Å²) in [4.78, 5) is 4.58. The third kappa shape index (κ3) is 3.94. The Labute approximate surface area is 138 Å². The molecule has 1 fully saturated rings. The number of piperazine rings is 1. The second kappa shape index (κ2) is 7.35. The van der Waals surface area contributed by atoms with Gasteiger partial charge in [-0.3, -0.25) is 11.3 Å². The highest BCUT2D eigenvalue weighted by molar-refractivity contribution is 9.10. The van der Waals surface area contributed by atoms with Gasteiger partial charge in [0, 0.05) is 35.7 Å². The predicted molar refractivity (Wildman–Crippen MR) is 87.7 cm³/mol. The smallest absolute Gasteiger partial charge is 0.147 e. The number of benzene rings is 1. The molecule has 3 N–H and O–H groups in total. The van der Waals surface area contributed by atoms with Crippen molar-refractivity contribution in [2.24, 2.45) is 5.84 Å². The summed E-state index contributed by atoms with van der Waals surface area (Å²) in [6, 6.07) is 3.53. The highest BCUT2D eigenvalue weighted by Crippen LogP contribution is 2.32. The lowest BCUT2D eigenvalue weighted by molar-refractivity contribution is 0.101. The molecule has 0 spiro atoms. The SMILES string of the molecule is CN1CCN(C)C(CC(NN)c2ccc(Br)c(Cl)c2F)C1. The van der Waals surface area contributed by atoms with Gasteiger partial charge in [0.2, 0.25) is 0 Å². The molecule has 0 amide bonds. The summed E-state index contributed by atoms with van der Waals surface area (Å²) in [6.45, 7) is 2.99. The summed E-state index contributed by atoms with van der Waals surface area (Å²) in [5.41, 5.74) is 3.24. The molecule has 1 heterocycles. The van der Waals surface area contributed by atoms with Gasteiger partial charge in [0.15, 0.2) is 0 Å². The second-order valence-corrected chi connectivity index (χ2v) is 6.85. The molecule has 0 bridgehead atoms. The van der Waals surface area contributed by atoms with E-state index in [4.69, 9.17) is 17.4 Å². The fourth-order valence-corrected chi connectivity index (χ4v) is 3.20. The number of likely N-dealkylation sites (N-methyl/N-ethyl adjacent to an activating group) is 2. The fourth-order valence-electron chi connectivity index (χ4n) is 2.72. The van der Waals surface area contributed by atoms with Crippen molar-refractivity contribution >= 4 is 27.5 Å². The summed E-state index contributed by atoms with van der Waals surface area (Å²) in [7, 11) is 4.19. The maximum Gasteiger partial charge on any atom is 0.147 e. The van der Waals surface area contributed by atoms with E-state index in [2.05, 4.69) is 45.3 Å². The van der Waals surface area contributed by atoms with Gasteiger partial charge in [-0.15, -0.1) is 0 Å². The van der Waals surface area contributed by atoms with Gasteiger partial charge < -0.3 is 9.80 Å². The van der Waals surface area contributed by atoms with Crippen LogP contribution >= 0.6 is 27.5 Å². The fraction of sp³-hybridized carbons (Fsp3) is 0.571. The van der Waals surface area contributed by atoms with E-state index in [9.17, 15) is 4.39 Å². The molecule has 21 heavy (non-hydrogen) atoms. The molecule has 4 nitrogen and oxygen atoms in total. The molecule has 2 atom stereocenters. The minimum atomic E-state index is -0.416. The van der Waals surface area contributed by atoms with Gasteiger partial charge in [-0.1, -0.05) is 17.7 Å². The normalized spacial score (nSPS) is 22.5. The van der Waals surface area contributed by atoms with E-state index < -0.39 is 5.82 Å². The van der Waals surface area contributed by atoms with Gasteiger partial charge >= 0.3 is 0 Å². The zero-order valence-electron chi connectivity index (χ0n) is 12.2. The van der Waals surface area contributed by atoms with E-state index in [1.165, 1.54) is 0 Å². The van der Waals surface area contributed by atoms with E-state index in [1.807, 2.05) is 0 Å². The van der Waals surface area contributed by atoms with Crippen LogP contribution in [0.2, 0.25) is 5.02 Å². The Kier molecular flexibility index (Phi) is 5.99. The molecule has 2 unspecified atom stereocenters. The number of nitrogens with zero attached hydrogens (tertiary/aromatic N) is 2. The Morgan fingerprint density at radius 3 is 2.86 bits per heavy atom. The molecule has 1 aliphatic heterocycles. The number of hydrogen-bond acceptors (Lipinski definition) is 4. The lowest BCUT2D eigenvalue weighted by Gasteiger charge is -2.39. The van der Waals surface area contributed by atoms with Gasteiger partial charge in [0.1, 0.15) is 5.82 Å². The average Bonchev–Trinajstić information content (AvgIpc) is 2.46. The Balaban J connectivity index is 2.18. The van der Waals surface area contributed by atoms with Crippen molar-refractivity contribution in [3.63, 3.8) is 0 Å². The van der Waals surface area contributed by atoms with Gasteiger partial charge in [-0.25, -0.2) is 4.39 Å². The molecule has 0 radical (unpaired) electrons. The van der Waals surface area contributed by atoms with E-state index in [0.717, 1.165) is 26.1 Å². The van der Waals surface area contributed by atoms with Crippen LogP contribution in [-0.4, -0.2) is 49.6 Å². The summed E-state index contributed by atoms with van der Waals surface area (Å²) in [5, 5.41) is 0.0990. The average molecular weight is 380 g/mol. The van der Waals surface area contributed by atoms with E-state index >= 15 is 0 Å². The topological polar surface area (TPSA) is 44.5 Å². The molecule has 1 aromatic rings. The maximum atomic E-state index is 14.3. The number of halogens is 3. The molecule has 0 aliphatic carbocycles. The third-order valence-corrected chi connectivity index (χ3v) is 5.39. The van der Waals surface area contributed by atoms with Crippen LogP contribution in [0.15, 0.2) is 16.6 Å². The minimum absolute atomic E-state index is 0.0990. The standard InChI is InChI=1S/C14H21BrClFN4/c1-20-5-6-21(2)9(8-20)7-12(19-18)10-3-4-11(15)13(16)14(10)17/h3-4,9,12,19H,5-8,18H2,1-2H3. The van der Waals surface area contributed by atoms with Crippen LogP contribution in [-0.2, 0) is 0 Å². The summed E-state index contributed by atoms with van der Waals surface area (Å²) in [6.07, 6.45) is 0.728. The first-order valence-corrected chi connectivity index (χ1v) is 8.09. The van der Waals surface area contributed by atoms with Crippen molar-refractivity contribution < 1.29 is 4.39 Å². The second-order valence-electron chi connectivity index (χ2n) is 5.62. The first-order chi connectivity index (χ1) is 9.93. The lowest BCUT2D eigenvalue weighted by atomic mass is 9.97. The van der Waals surface area contributed by atoms with Crippen molar-refractivity contribution in [1.29, 1.82) is 0 Å². The Bertz CT molecular complexity index is 502. The van der Waals surface area contributed by atoms with Crippen LogP contribution < -0.4 is 11.3 Å². The highest BCUT2D eigenvalue weighted by Gasteiger charge is 2.27. The molecular formula is C14H21BrClFN4. The summed E-state index contributed by atoms with van der Waals surface area (Å²) in [5.74, 6) is 5.24. The Morgan fingerprint density at radius 2 is 2.19 bits per heavy atom.